The fourth-order valence-corrected chi connectivity index (χ4v) is 6.53. The Morgan fingerprint density at radius 1 is 0.319 bits per heavy atom. The van der Waals surface area contributed by atoms with Crippen LogP contribution in [0.25, 0.3) is 89.1 Å². The first-order valence-electron chi connectivity index (χ1n) is 15.7. The maximum atomic E-state index is 6.42. The number of rotatable bonds is 5. The quantitative estimate of drug-likeness (QED) is 0.197. The van der Waals surface area contributed by atoms with Crippen LogP contribution in [0.5, 0.6) is 0 Å². The van der Waals surface area contributed by atoms with Gasteiger partial charge in [-0.3, -0.25) is 0 Å². The van der Waals surface area contributed by atoms with E-state index in [2.05, 4.69) is 103 Å². The maximum absolute atomic E-state index is 6.42. The van der Waals surface area contributed by atoms with Crippen molar-refractivity contribution in [1.82, 2.24) is 15.0 Å². The highest BCUT2D eigenvalue weighted by Gasteiger charge is 2.20. The van der Waals surface area contributed by atoms with Gasteiger partial charge in [-0.15, -0.1) is 0 Å². The van der Waals surface area contributed by atoms with Crippen LogP contribution in [0.3, 0.4) is 0 Å². The van der Waals surface area contributed by atoms with Crippen molar-refractivity contribution in [1.29, 1.82) is 0 Å². The van der Waals surface area contributed by atoms with Gasteiger partial charge in [0.15, 0.2) is 17.5 Å². The van der Waals surface area contributed by atoms with E-state index in [4.69, 9.17) is 19.4 Å². The van der Waals surface area contributed by atoms with Crippen LogP contribution in [0.2, 0.25) is 0 Å². The molecule has 47 heavy (non-hydrogen) atoms. The van der Waals surface area contributed by atoms with Crippen molar-refractivity contribution in [3.8, 4) is 56.4 Å². The van der Waals surface area contributed by atoms with Gasteiger partial charge in [0, 0.05) is 27.5 Å². The van der Waals surface area contributed by atoms with E-state index in [0.29, 0.717) is 17.5 Å². The number of benzene rings is 7. The first-order chi connectivity index (χ1) is 23.3. The third-order valence-electron chi connectivity index (χ3n) is 8.76. The lowest BCUT2D eigenvalue weighted by Crippen LogP contribution is -2.00. The second-order valence-corrected chi connectivity index (χ2v) is 11.6. The predicted molar refractivity (Wildman–Crippen MR) is 192 cm³/mol. The van der Waals surface area contributed by atoms with Crippen molar-refractivity contribution >= 4 is 32.7 Å². The van der Waals surface area contributed by atoms with Gasteiger partial charge in [-0.1, -0.05) is 152 Å². The van der Waals surface area contributed by atoms with Gasteiger partial charge < -0.3 is 4.42 Å². The lowest BCUT2D eigenvalue weighted by atomic mass is 9.97. The minimum absolute atomic E-state index is 0.600. The molecule has 0 spiro atoms. The van der Waals surface area contributed by atoms with Crippen molar-refractivity contribution in [2.75, 3.05) is 0 Å². The predicted octanol–water partition coefficient (Wildman–Crippen LogP) is 11.3. The molecule has 0 radical (unpaired) electrons. The molecule has 7 aromatic carbocycles. The van der Waals surface area contributed by atoms with Crippen LogP contribution in [-0.4, -0.2) is 15.0 Å². The Bertz CT molecular complexity index is 2550. The Labute approximate surface area is 271 Å². The van der Waals surface area contributed by atoms with E-state index in [1.165, 1.54) is 16.3 Å². The lowest BCUT2D eigenvalue weighted by molar-refractivity contribution is 0.669. The number of furan rings is 1. The number of fused-ring (bicyclic) bond motifs is 4. The summed E-state index contributed by atoms with van der Waals surface area (Å²) >= 11 is 0. The average Bonchev–Trinajstić information content (AvgIpc) is 3.54. The monoisotopic (exact) mass is 601 g/mol. The van der Waals surface area contributed by atoms with E-state index < -0.39 is 0 Å². The molecule has 0 atom stereocenters. The summed E-state index contributed by atoms with van der Waals surface area (Å²) in [6, 6.07) is 56.3. The Hall–Kier alpha value is -6.39. The molecule has 4 nitrogen and oxygen atoms in total. The first kappa shape index (κ1) is 27.0. The topological polar surface area (TPSA) is 51.8 Å². The van der Waals surface area contributed by atoms with Gasteiger partial charge in [0.1, 0.15) is 11.2 Å². The van der Waals surface area contributed by atoms with Crippen molar-refractivity contribution in [3.63, 3.8) is 0 Å². The van der Waals surface area contributed by atoms with E-state index in [1.54, 1.807) is 0 Å². The largest absolute Gasteiger partial charge is 0.456 e. The van der Waals surface area contributed by atoms with Gasteiger partial charge in [0.05, 0.1) is 0 Å². The standard InChI is InChI=1S/C43H27N3O/c1-3-12-29(13-4-1)35-20-10-22-37-39(35)40-36(21-11-23-38(40)47-37)43-45-41(31-15-5-2-6-16-31)44-42(46-43)32-26-24-30(25-27-32)34-19-9-17-28-14-7-8-18-33(28)34/h1-27H. The molecule has 2 aromatic heterocycles. The Balaban J connectivity index is 1.24. The molecule has 9 rings (SSSR count). The normalized spacial score (nSPS) is 11.4. The molecule has 0 aliphatic heterocycles. The van der Waals surface area contributed by atoms with Crippen LogP contribution in [0.1, 0.15) is 0 Å². The van der Waals surface area contributed by atoms with Crippen molar-refractivity contribution < 1.29 is 4.42 Å². The highest BCUT2D eigenvalue weighted by molar-refractivity contribution is 6.17. The van der Waals surface area contributed by atoms with Gasteiger partial charge >= 0.3 is 0 Å². The minimum atomic E-state index is 0.600. The summed E-state index contributed by atoms with van der Waals surface area (Å²) in [5.41, 5.74) is 8.95. The fourth-order valence-electron chi connectivity index (χ4n) is 6.53. The van der Waals surface area contributed by atoms with Crippen molar-refractivity contribution in [2.24, 2.45) is 0 Å². The van der Waals surface area contributed by atoms with Crippen LogP contribution >= 0.6 is 0 Å². The molecule has 0 amide bonds. The van der Waals surface area contributed by atoms with E-state index in [-0.39, 0.29) is 0 Å². The molecule has 0 N–H and O–H groups in total. The van der Waals surface area contributed by atoms with Crippen molar-refractivity contribution in [2.45, 2.75) is 0 Å². The summed E-state index contributed by atoms with van der Waals surface area (Å²) in [5, 5.41) is 4.49. The molecule has 0 unspecified atom stereocenters. The third kappa shape index (κ3) is 4.75. The molecule has 4 heteroatoms. The van der Waals surface area contributed by atoms with Crippen LogP contribution in [0.15, 0.2) is 168 Å². The lowest BCUT2D eigenvalue weighted by Gasteiger charge is -2.11. The first-order valence-corrected chi connectivity index (χ1v) is 15.7. The van der Waals surface area contributed by atoms with Crippen LogP contribution in [0, 0.1) is 0 Å². The number of hydrogen-bond acceptors (Lipinski definition) is 4. The zero-order valence-electron chi connectivity index (χ0n) is 25.3. The fraction of sp³-hybridized carbons (Fsp3) is 0. The summed E-state index contributed by atoms with van der Waals surface area (Å²) in [5.74, 6) is 1.84. The molecular weight excluding hydrogens is 574 g/mol. The number of aromatic nitrogens is 3. The Kier molecular flexibility index (Phi) is 6.43. The van der Waals surface area contributed by atoms with Crippen LogP contribution in [-0.2, 0) is 0 Å². The molecule has 0 saturated heterocycles. The number of nitrogens with zero attached hydrogens (tertiary/aromatic N) is 3. The van der Waals surface area contributed by atoms with Crippen molar-refractivity contribution in [3.05, 3.63) is 164 Å². The summed E-state index contributed by atoms with van der Waals surface area (Å²) < 4.78 is 6.42. The second kappa shape index (κ2) is 11.2. The molecule has 0 saturated carbocycles. The zero-order chi connectivity index (χ0) is 31.2. The highest BCUT2D eigenvalue weighted by atomic mass is 16.3. The van der Waals surface area contributed by atoms with E-state index in [1.807, 2.05) is 60.7 Å². The Morgan fingerprint density at radius 2 is 0.787 bits per heavy atom. The average molecular weight is 602 g/mol. The Morgan fingerprint density at radius 3 is 1.51 bits per heavy atom. The SMILES string of the molecule is c1ccc(-c2nc(-c3ccc(-c4cccc5ccccc45)cc3)nc(-c3cccc4oc5cccc(-c6ccccc6)c5c34)n2)cc1. The van der Waals surface area contributed by atoms with E-state index in [9.17, 15) is 0 Å². The summed E-state index contributed by atoms with van der Waals surface area (Å²) in [6.45, 7) is 0. The summed E-state index contributed by atoms with van der Waals surface area (Å²) in [7, 11) is 0. The molecule has 0 aliphatic carbocycles. The van der Waals surface area contributed by atoms with Gasteiger partial charge in [0.25, 0.3) is 0 Å². The molecule has 220 valence electrons. The number of hydrogen-bond donors (Lipinski definition) is 0. The minimum Gasteiger partial charge on any atom is -0.456 e. The molecule has 2 heterocycles. The third-order valence-corrected chi connectivity index (χ3v) is 8.76. The van der Waals surface area contributed by atoms with Gasteiger partial charge in [-0.2, -0.15) is 0 Å². The van der Waals surface area contributed by atoms with Gasteiger partial charge in [-0.05, 0) is 45.2 Å². The molecule has 0 fully saturated rings. The molecular formula is C43H27N3O. The van der Waals surface area contributed by atoms with Crippen LogP contribution in [0.4, 0.5) is 0 Å². The van der Waals surface area contributed by atoms with E-state index in [0.717, 1.165) is 55.3 Å². The smallest absolute Gasteiger partial charge is 0.164 e. The van der Waals surface area contributed by atoms with Gasteiger partial charge in [-0.25, -0.2) is 15.0 Å². The molecule has 9 aromatic rings. The second-order valence-electron chi connectivity index (χ2n) is 11.6. The van der Waals surface area contributed by atoms with Crippen LogP contribution < -0.4 is 0 Å². The summed E-state index contributed by atoms with van der Waals surface area (Å²) in [6.07, 6.45) is 0. The van der Waals surface area contributed by atoms with E-state index >= 15 is 0 Å². The summed E-state index contributed by atoms with van der Waals surface area (Å²) in [4.78, 5) is 15.2. The van der Waals surface area contributed by atoms with Gasteiger partial charge in [0.2, 0.25) is 0 Å². The zero-order valence-corrected chi connectivity index (χ0v) is 25.3. The maximum Gasteiger partial charge on any atom is 0.164 e. The highest BCUT2D eigenvalue weighted by Crippen LogP contribution is 2.41. The molecule has 0 aliphatic rings. The molecule has 0 bridgehead atoms.